The van der Waals surface area contributed by atoms with Crippen LogP contribution in [-0.2, 0) is 14.3 Å². The predicted octanol–water partition coefficient (Wildman–Crippen LogP) is 5.37. The van der Waals surface area contributed by atoms with E-state index in [-0.39, 0.29) is 0 Å². The van der Waals surface area contributed by atoms with E-state index < -0.39 is 0 Å². The van der Waals surface area contributed by atoms with Gasteiger partial charge >= 0.3 is 0 Å². The van der Waals surface area contributed by atoms with Crippen LogP contribution in [0.5, 0.6) is 0 Å². The zero-order valence-electron chi connectivity index (χ0n) is 17.4. The van der Waals surface area contributed by atoms with Gasteiger partial charge in [0.1, 0.15) is 12.6 Å². The Morgan fingerprint density at radius 2 is 1.81 bits per heavy atom. The van der Waals surface area contributed by atoms with Crippen molar-refractivity contribution in [2.75, 3.05) is 13.9 Å². The van der Waals surface area contributed by atoms with Gasteiger partial charge in [0.05, 0.1) is 6.10 Å². The van der Waals surface area contributed by atoms with Crippen LogP contribution in [-0.4, -0.2) is 25.8 Å². The second kappa shape index (κ2) is 6.83. The second-order valence-corrected chi connectivity index (χ2v) is 10.9. The van der Waals surface area contributed by atoms with Gasteiger partial charge in [0.25, 0.3) is 0 Å². The van der Waals surface area contributed by atoms with Crippen LogP contribution < -0.4 is 0 Å². The molecule has 0 unspecified atom stereocenters. The molecule has 0 saturated heterocycles. The van der Waals surface area contributed by atoms with Crippen molar-refractivity contribution in [2.24, 2.45) is 40.4 Å². The summed E-state index contributed by atoms with van der Waals surface area (Å²) in [5.74, 6) is 4.91. The zero-order chi connectivity index (χ0) is 18.6. The van der Waals surface area contributed by atoms with E-state index >= 15 is 0 Å². The van der Waals surface area contributed by atoms with Crippen LogP contribution in [0.4, 0.5) is 0 Å². The summed E-state index contributed by atoms with van der Waals surface area (Å²) in [4.78, 5) is 12.1. The summed E-state index contributed by atoms with van der Waals surface area (Å²) in [5, 5.41) is 0. The van der Waals surface area contributed by atoms with Crippen LogP contribution in [0.2, 0.25) is 0 Å². The first-order valence-corrected chi connectivity index (χ1v) is 11.7. The van der Waals surface area contributed by atoms with Gasteiger partial charge in [0.2, 0.25) is 0 Å². The molecule has 1 spiro atoms. The maximum absolute atomic E-state index is 12.1. The highest BCUT2D eigenvalue weighted by atomic mass is 16.7. The molecule has 5 rings (SSSR count). The highest BCUT2D eigenvalue weighted by molar-refractivity contribution is 5.79. The lowest BCUT2D eigenvalue weighted by Crippen LogP contribution is -2.55. The van der Waals surface area contributed by atoms with Crippen LogP contribution in [0.15, 0.2) is 0 Å². The standard InChI is InChI=1S/C24H38O3/c1-23-10-8-19(27-15-26-2)14-16(23)3-5-20-21(23)9-12-24-11-7-18(25)13-17(24)4-6-22(20)24/h16-17,19-22H,3-15H2,1-2H3/t16-,17-,19-,20-,21+,22+,23+,24-/m1/s1. The van der Waals surface area contributed by atoms with Crippen LogP contribution in [0.3, 0.4) is 0 Å². The molecule has 3 heteroatoms. The molecule has 5 aliphatic carbocycles. The summed E-state index contributed by atoms with van der Waals surface area (Å²) < 4.78 is 11.1. The van der Waals surface area contributed by atoms with E-state index in [1.807, 2.05) is 0 Å². The molecule has 3 nitrogen and oxygen atoms in total. The summed E-state index contributed by atoms with van der Waals surface area (Å²) in [6.45, 7) is 3.08. The number of rotatable bonds is 3. The molecule has 0 heterocycles. The predicted molar refractivity (Wildman–Crippen MR) is 105 cm³/mol. The van der Waals surface area contributed by atoms with Crippen molar-refractivity contribution < 1.29 is 14.3 Å². The van der Waals surface area contributed by atoms with Crippen LogP contribution in [0.25, 0.3) is 0 Å². The Kier molecular flexibility index (Phi) is 4.71. The first-order chi connectivity index (χ1) is 13.1. The van der Waals surface area contributed by atoms with Gasteiger partial charge in [-0.05, 0) is 105 Å². The Hall–Kier alpha value is -0.410. The first kappa shape index (κ1) is 18.6. The summed E-state index contributed by atoms with van der Waals surface area (Å²) in [7, 11) is 1.73. The van der Waals surface area contributed by atoms with E-state index in [1.54, 1.807) is 7.11 Å². The van der Waals surface area contributed by atoms with E-state index in [0.717, 1.165) is 42.4 Å². The molecule has 5 fully saturated rings. The monoisotopic (exact) mass is 374 g/mol. The minimum absolute atomic E-state index is 0.412. The van der Waals surface area contributed by atoms with Crippen molar-refractivity contribution in [1.82, 2.24) is 0 Å². The molecule has 152 valence electrons. The van der Waals surface area contributed by atoms with Crippen molar-refractivity contribution in [3.8, 4) is 0 Å². The maximum Gasteiger partial charge on any atom is 0.146 e. The third-order valence-electron chi connectivity index (χ3n) is 10.3. The molecular formula is C24H38O3. The maximum atomic E-state index is 12.1. The topological polar surface area (TPSA) is 35.5 Å². The van der Waals surface area contributed by atoms with E-state index in [4.69, 9.17) is 9.47 Å². The third-order valence-corrected chi connectivity index (χ3v) is 10.3. The summed E-state index contributed by atoms with van der Waals surface area (Å²) in [5.41, 5.74) is 1.08. The summed E-state index contributed by atoms with van der Waals surface area (Å²) >= 11 is 0. The van der Waals surface area contributed by atoms with Gasteiger partial charge in [-0.1, -0.05) is 6.92 Å². The normalized spacial score (nSPS) is 51.9. The number of Topliss-reactive ketones (excluding diaryl/α,β-unsaturated/α-hetero) is 1. The van der Waals surface area contributed by atoms with Crippen molar-refractivity contribution in [3.05, 3.63) is 0 Å². The van der Waals surface area contributed by atoms with Gasteiger partial charge < -0.3 is 9.47 Å². The molecule has 0 aromatic heterocycles. The van der Waals surface area contributed by atoms with E-state index in [0.29, 0.717) is 29.5 Å². The zero-order valence-corrected chi connectivity index (χ0v) is 17.4. The van der Waals surface area contributed by atoms with E-state index in [1.165, 1.54) is 64.2 Å². The fourth-order valence-electron chi connectivity index (χ4n) is 9.02. The number of methoxy groups -OCH3 is 1. The Bertz CT molecular complexity index is 588. The largest absolute Gasteiger partial charge is 0.359 e. The number of fused-ring (bicyclic) bond motifs is 4. The first-order valence-electron chi connectivity index (χ1n) is 11.7. The Labute approximate surface area is 164 Å². The third kappa shape index (κ3) is 2.78. The highest BCUT2D eigenvalue weighted by Gasteiger charge is 2.62. The van der Waals surface area contributed by atoms with Gasteiger partial charge in [0.15, 0.2) is 0 Å². The fraction of sp³-hybridized carbons (Fsp3) is 0.958. The van der Waals surface area contributed by atoms with Gasteiger partial charge in [0, 0.05) is 20.0 Å². The minimum atomic E-state index is 0.412. The van der Waals surface area contributed by atoms with Gasteiger partial charge in [-0.3, -0.25) is 4.79 Å². The molecule has 5 saturated carbocycles. The molecule has 8 atom stereocenters. The Morgan fingerprint density at radius 1 is 0.963 bits per heavy atom. The Balaban J connectivity index is 1.34. The van der Waals surface area contributed by atoms with Crippen molar-refractivity contribution in [2.45, 2.75) is 90.1 Å². The number of hydrogen-bond acceptors (Lipinski definition) is 3. The SMILES string of the molecule is COCO[C@@H]1CC[C@@]2(C)[C@H](CC[C@@H]3[C@@H]2CC[C@]24CCC(=O)C[C@H]2CC[C@@H]34)C1. The molecule has 5 aliphatic rings. The number of ether oxygens (including phenoxy) is 2. The molecule has 0 amide bonds. The fourth-order valence-corrected chi connectivity index (χ4v) is 9.02. The average Bonchev–Trinajstić information content (AvgIpc) is 3.05. The molecule has 0 radical (unpaired) electrons. The van der Waals surface area contributed by atoms with E-state index in [2.05, 4.69) is 6.92 Å². The number of ketones is 1. The number of carbonyl (C=O) groups excluding carboxylic acids is 1. The van der Waals surface area contributed by atoms with Crippen LogP contribution >= 0.6 is 0 Å². The summed E-state index contributed by atoms with van der Waals surface area (Å²) in [6.07, 6.45) is 15.7. The van der Waals surface area contributed by atoms with Gasteiger partial charge in [-0.2, -0.15) is 0 Å². The molecule has 0 bridgehead atoms. The molecule has 27 heavy (non-hydrogen) atoms. The van der Waals surface area contributed by atoms with E-state index in [9.17, 15) is 4.79 Å². The highest BCUT2D eigenvalue weighted by Crippen LogP contribution is 2.69. The van der Waals surface area contributed by atoms with Crippen molar-refractivity contribution in [3.63, 3.8) is 0 Å². The molecule has 0 aliphatic heterocycles. The quantitative estimate of drug-likeness (QED) is 0.623. The lowest BCUT2D eigenvalue weighted by molar-refractivity contribution is -0.159. The number of carbonyl (C=O) groups is 1. The van der Waals surface area contributed by atoms with Gasteiger partial charge in [-0.25, -0.2) is 0 Å². The second-order valence-electron chi connectivity index (χ2n) is 10.9. The van der Waals surface area contributed by atoms with Crippen LogP contribution in [0, 0.1) is 40.4 Å². The van der Waals surface area contributed by atoms with Crippen molar-refractivity contribution >= 4 is 5.78 Å². The summed E-state index contributed by atoms with van der Waals surface area (Å²) in [6, 6.07) is 0. The molecule has 0 aromatic carbocycles. The lowest BCUT2D eigenvalue weighted by Gasteiger charge is -2.62. The molecule has 0 aromatic rings. The minimum Gasteiger partial charge on any atom is -0.359 e. The average molecular weight is 375 g/mol. The molecular weight excluding hydrogens is 336 g/mol. The lowest BCUT2D eigenvalue weighted by atomic mass is 9.43. The van der Waals surface area contributed by atoms with Crippen LogP contribution in [0.1, 0.15) is 84.0 Å². The number of hydrogen-bond donors (Lipinski definition) is 0. The molecule has 0 N–H and O–H groups in total. The smallest absolute Gasteiger partial charge is 0.146 e. The van der Waals surface area contributed by atoms with Gasteiger partial charge in [-0.15, -0.1) is 0 Å². The Morgan fingerprint density at radius 3 is 2.67 bits per heavy atom. The van der Waals surface area contributed by atoms with Crippen molar-refractivity contribution in [1.29, 1.82) is 0 Å².